The van der Waals surface area contributed by atoms with Crippen molar-refractivity contribution < 1.29 is 24.0 Å². The normalized spacial score (nSPS) is 13.8. The van der Waals surface area contributed by atoms with Crippen LogP contribution in [0.1, 0.15) is 5.69 Å². The summed E-state index contributed by atoms with van der Waals surface area (Å²) in [6.45, 7) is -0.597. The summed E-state index contributed by atoms with van der Waals surface area (Å²) in [5, 5.41) is 9.48. The smallest absolute Gasteiger partial charge is 0.387 e. The van der Waals surface area contributed by atoms with E-state index in [0.717, 1.165) is 0 Å². The number of fused-ring (bicyclic) bond motifs is 1. The van der Waals surface area contributed by atoms with Crippen LogP contribution in [0.2, 0.25) is 0 Å². The highest BCUT2D eigenvalue weighted by atomic mass is 31.2. The first kappa shape index (κ1) is 16.2. The Morgan fingerprint density at radius 1 is 1.45 bits per heavy atom. The molecule has 0 aliphatic carbocycles. The van der Waals surface area contributed by atoms with Crippen LogP contribution in [0, 0.1) is 0 Å². The third-order valence-electron chi connectivity index (χ3n) is 2.36. The maximum Gasteiger partial charge on any atom is 0.469 e. The molecule has 2 heterocycles. The fraction of sp³-hybridized carbons (Fsp3) is 0.200. The second-order valence-corrected chi connectivity index (χ2v) is 5.37. The highest BCUT2D eigenvalue weighted by Crippen LogP contribution is 2.35. The molecule has 0 saturated carbocycles. The molecule has 22 heavy (non-hydrogen) atoms. The number of hydrogen-bond acceptors (Lipinski definition) is 8. The summed E-state index contributed by atoms with van der Waals surface area (Å²) in [6.07, 6.45) is 2.54. The minimum absolute atomic E-state index is 0.0303. The van der Waals surface area contributed by atoms with Crippen molar-refractivity contribution in [2.45, 2.75) is 6.10 Å². The molecule has 0 amide bonds. The third kappa shape index (κ3) is 4.41. The molecular formula is C10H12N5O6P. The summed E-state index contributed by atoms with van der Waals surface area (Å²) in [5.41, 5.74) is 5.09. The van der Waals surface area contributed by atoms with Crippen LogP contribution < -0.4 is 11.3 Å². The molecule has 0 radical (unpaired) electrons. The van der Waals surface area contributed by atoms with Crippen LogP contribution in [0.5, 0.6) is 0 Å². The van der Waals surface area contributed by atoms with E-state index in [9.17, 15) is 14.5 Å². The first-order valence-corrected chi connectivity index (χ1v) is 7.36. The topological polar surface area (TPSA) is 185 Å². The van der Waals surface area contributed by atoms with Crippen molar-refractivity contribution in [3.05, 3.63) is 28.3 Å². The summed E-state index contributed by atoms with van der Waals surface area (Å²) < 4.78 is 14.6. The molecule has 0 spiro atoms. The predicted octanol–water partition coefficient (Wildman–Crippen LogP) is -1.22. The van der Waals surface area contributed by atoms with E-state index in [1.54, 1.807) is 0 Å². The van der Waals surface area contributed by atoms with E-state index < -0.39 is 26.1 Å². The zero-order valence-corrected chi connectivity index (χ0v) is 11.8. The highest BCUT2D eigenvalue weighted by Gasteiger charge is 2.15. The average molecular weight is 329 g/mol. The molecule has 2 rings (SSSR count). The number of rotatable bonds is 5. The molecular weight excluding hydrogens is 317 g/mol. The van der Waals surface area contributed by atoms with Gasteiger partial charge < -0.3 is 25.6 Å². The second-order valence-electron chi connectivity index (χ2n) is 4.13. The molecule has 6 N–H and O–H groups in total. The summed E-state index contributed by atoms with van der Waals surface area (Å²) >= 11 is 0. The van der Waals surface area contributed by atoms with Gasteiger partial charge >= 0.3 is 13.4 Å². The summed E-state index contributed by atoms with van der Waals surface area (Å²) in [4.78, 5) is 42.6. The van der Waals surface area contributed by atoms with Gasteiger partial charge in [-0.3, -0.25) is 9.32 Å². The van der Waals surface area contributed by atoms with E-state index in [0.29, 0.717) is 0 Å². The first-order valence-electron chi connectivity index (χ1n) is 5.83. The van der Waals surface area contributed by atoms with Gasteiger partial charge in [-0.1, -0.05) is 6.08 Å². The summed E-state index contributed by atoms with van der Waals surface area (Å²) in [7, 11) is -4.65. The number of nitrogens with zero attached hydrogens (tertiary/aromatic N) is 3. The summed E-state index contributed by atoms with van der Waals surface area (Å²) in [5.74, 6) is -0.0832. The fourth-order valence-electron chi connectivity index (χ4n) is 1.47. The predicted molar refractivity (Wildman–Crippen MR) is 75.4 cm³/mol. The molecule has 12 heteroatoms. The molecule has 0 aliphatic heterocycles. The number of aliphatic hydroxyl groups excluding tert-OH is 1. The van der Waals surface area contributed by atoms with Gasteiger partial charge in [-0.05, 0) is 6.08 Å². The Hall–Kier alpha value is -2.17. The Morgan fingerprint density at radius 2 is 2.18 bits per heavy atom. The van der Waals surface area contributed by atoms with Crippen molar-refractivity contribution in [2.24, 2.45) is 0 Å². The molecule has 0 aliphatic rings. The first-order chi connectivity index (χ1) is 10.2. The number of anilines is 1. The Labute approximate surface area is 122 Å². The van der Waals surface area contributed by atoms with Crippen molar-refractivity contribution in [1.29, 1.82) is 0 Å². The zero-order chi connectivity index (χ0) is 16.3. The number of H-pyrrole nitrogens is 1. The number of nitrogen functional groups attached to an aromatic ring is 1. The average Bonchev–Trinajstić information content (AvgIpc) is 2.42. The van der Waals surface area contributed by atoms with Crippen molar-refractivity contribution in [1.82, 2.24) is 19.9 Å². The lowest BCUT2D eigenvalue weighted by Crippen LogP contribution is -2.14. The number of phosphoric acid groups is 1. The lowest BCUT2D eigenvalue weighted by Gasteiger charge is -2.07. The molecule has 0 aromatic carbocycles. The third-order valence-corrected chi connectivity index (χ3v) is 2.85. The van der Waals surface area contributed by atoms with E-state index in [4.69, 9.17) is 15.5 Å². The Balaban J connectivity index is 2.16. The van der Waals surface area contributed by atoms with Crippen LogP contribution in [0.4, 0.5) is 5.95 Å². The Bertz CT molecular complexity index is 815. The Morgan fingerprint density at radius 3 is 2.86 bits per heavy atom. The van der Waals surface area contributed by atoms with Gasteiger partial charge in [-0.2, -0.15) is 4.98 Å². The van der Waals surface area contributed by atoms with Crippen molar-refractivity contribution in [3.8, 4) is 0 Å². The fourth-order valence-corrected chi connectivity index (χ4v) is 1.82. The van der Waals surface area contributed by atoms with E-state index in [-0.39, 0.29) is 22.8 Å². The van der Waals surface area contributed by atoms with Crippen LogP contribution in [0.3, 0.4) is 0 Å². The molecule has 2 aromatic heterocycles. The lowest BCUT2D eigenvalue weighted by atomic mass is 10.3. The number of aromatic nitrogens is 4. The molecule has 1 atom stereocenters. The van der Waals surface area contributed by atoms with E-state index >= 15 is 0 Å². The van der Waals surface area contributed by atoms with Gasteiger partial charge in [-0.25, -0.2) is 14.5 Å². The van der Waals surface area contributed by atoms with Gasteiger partial charge in [0.1, 0.15) is 0 Å². The number of phosphoric ester groups is 1. The monoisotopic (exact) mass is 329 g/mol. The SMILES string of the molecule is Nc1nc(=O)c2nc(/C=C/C(O)COP(=O)(O)O)cnc2[nH]1. The van der Waals surface area contributed by atoms with E-state index in [1.807, 2.05) is 0 Å². The largest absolute Gasteiger partial charge is 0.469 e. The van der Waals surface area contributed by atoms with Crippen LogP contribution >= 0.6 is 7.82 Å². The van der Waals surface area contributed by atoms with Crippen LogP contribution in [-0.2, 0) is 9.09 Å². The van der Waals surface area contributed by atoms with Crippen LogP contribution in [-0.4, -0.2) is 47.5 Å². The van der Waals surface area contributed by atoms with Crippen LogP contribution in [0.15, 0.2) is 17.1 Å². The van der Waals surface area contributed by atoms with Gasteiger partial charge in [-0.15, -0.1) is 0 Å². The number of aromatic amines is 1. The molecule has 0 bridgehead atoms. The van der Waals surface area contributed by atoms with Crippen LogP contribution in [0.25, 0.3) is 17.2 Å². The quantitative estimate of drug-likeness (QED) is 0.416. The maximum atomic E-state index is 11.6. The van der Waals surface area contributed by atoms with Gasteiger partial charge in [0.05, 0.1) is 24.6 Å². The van der Waals surface area contributed by atoms with Gasteiger partial charge in [0.2, 0.25) is 5.95 Å². The molecule has 0 fully saturated rings. The van der Waals surface area contributed by atoms with Gasteiger partial charge in [0.25, 0.3) is 0 Å². The lowest BCUT2D eigenvalue weighted by molar-refractivity contribution is 0.114. The number of hydrogen-bond donors (Lipinski definition) is 5. The molecule has 2 aromatic rings. The van der Waals surface area contributed by atoms with Gasteiger partial charge in [0.15, 0.2) is 11.2 Å². The molecule has 1 unspecified atom stereocenters. The Kier molecular flexibility index (Phi) is 4.64. The number of nitrogens with one attached hydrogen (secondary N) is 1. The van der Waals surface area contributed by atoms with Crippen molar-refractivity contribution in [2.75, 3.05) is 12.3 Å². The maximum absolute atomic E-state index is 11.6. The molecule has 0 saturated heterocycles. The summed E-state index contributed by atoms with van der Waals surface area (Å²) in [6, 6.07) is 0. The molecule has 11 nitrogen and oxygen atoms in total. The van der Waals surface area contributed by atoms with Gasteiger partial charge in [0, 0.05) is 0 Å². The molecule has 118 valence electrons. The van der Waals surface area contributed by atoms with Crippen molar-refractivity contribution in [3.63, 3.8) is 0 Å². The minimum atomic E-state index is -4.65. The standard InChI is InChI=1S/C10H12N5O6P/c11-10-14-8-7(9(17)15-10)13-5(3-12-8)1-2-6(16)4-21-22(18,19)20/h1-3,6,16H,4H2,(H2,18,19,20)(H3,11,12,14,15,17)/b2-1+. The van der Waals surface area contributed by atoms with E-state index in [1.165, 1.54) is 18.3 Å². The zero-order valence-electron chi connectivity index (χ0n) is 10.9. The number of nitrogens with two attached hydrogens (primary N) is 1. The number of aliphatic hydroxyl groups is 1. The van der Waals surface area contributed by atoms with Crippen molar-refractivity contribution >= 4 is 31.0 Å². The highest BCUT2D eigenvalue weighted by molar-refractivity contribution is 7.46. The second kappa shape index (κ2) is 6.30. The van der Waals surface area contributed by atoms with E-state index in [2.05, 4.69) is 24.5 Å². The minimum Gasteiger partial charge on any atom is -0.387 e.